The molecule has 0 saturated heterocycles. The molecule has 0 aliphatic carbocycles. The van der Waals surface area contributed by atoms with E-state index in [1.807, 2.05) is 28.7 Å². The zero-order chi connectivity index (χ0) is 34.2. The van der Waals surface area contributed by atoms with Crippen LogP contribution in [-0.2, 0) is 0 Å². The molecule has 11 rings (SSSR count). The quantitative estimate of drug-likeness (QED) is 0.186. The Hall–Kier alpha value is -6.21. The van der Waals surface area contributed by atoms with Gasteiger partial charge in [-0.05, 0) is 29.8 Å². The van der Waals surface area contributed by atoms with Gasteiger partial charge in [-0.3, -0.25) is 0 Å². The molecule has 0 spiro atoms. The summed E-state index contributed by atoms with van der Waals surface area (Å²) in [6.45, 7) is 0. The van der Waals surface area contributed by atoms with Crippen molar-refractivity contribution in [2.24, 2.45) is 9.98 Å². The minimum absolute atomic E-state index is 0.282. The second-order valence-electron chi connectivity index (χ2n) is 13.2. The zero-order valence-electron chi connectivity index (χ0n) is 27.7. The molecule has 1 N–H and O–H groups in total. The highest BCUT2D eigenvalue weighted by atomic mass is 32.1. The normalized spacial score (nSPS) is 14.7. The smallest absolute Gasteiger partial charge is 0.160 e. The van der Waals surface area contributed by atoms with Crippen molar-refractivity contribution >= 4 is 96.4 Å². The summed E-state index contributed by atoms with van der Waals surface area (Å²) in [5, 5.41) is 12.3. The summed E-state index contributed by atoms with van der Waals surface area (Å²) in [4.78, 5) is 15.8. The maximum absolute atomic E-state index is 5.30. The van der Waals surface area contributed by atoms with Gasteiger partial charge in [0.1, 0.15) is 12.0 Å². The summed E-state index contributed by atoms with van der Waals surface area (Å²) in [5.41, 5.74) is 6.30. The molecule has 1 aliphatic heterocycles. The average molecular weight is 701 g/mol. The zero-order valence-corrected chi connectivity index (χ0v) is 29.4. The molecular formula is C46H28N4S2. The fourth-order valence-corrected chi connectivity index (χ4v) is 10.2. The monoisotopic (exact) mass is 700 g/mol. The molecule has 52 heavy (non-hydrogen) atoms. The molecule has 0 radical (unpaired) electrons. The molecule has 244 valence electrons. The fourth-order valence-electron chi connectivity index (χ4n) is 7.68. The van der Waals surface area contributed by atoms with Crippen molar-refractivity contribution < 1.29 is 0 Å². The maximum Gasteiger partial charge on any atom is 0.160 e. The molecule has 10 aromatic rings. The number of para-hydroxylation sites is 1. The van der Waals surface area contributed by atoms with Crippen LogP contribution in [0.15, 0.2) is 168 Å². The van der Waals surface area contributed by atoms with Crippen LogP contribution in [0, 0.1) is 0 Å². The highest BCUT2D eigenvalue weighted by Crippen LogP contribution is 2.44. The predicted molar refractivity (Wildman–Crippen MR) is 222 cm³/mol. The summed E-state index contributed by atoms with van der Waals surface area (Å²) in [5.74, 6) is 1.56. The largest absolute Gasteiger partial charge is 0.344 e. The molecule has 0 fully saturated rings. The Morgan fingerprint density at radius 1 is 0.500 bits per heavy atom. The van der Waals surface area contributed by atoms with Crippen LogP contribution < -0.4 is 5.32 Å². The molecule has 4 nitrogen and oxygen atoms in total. The molecule has 0 saturated carbocycles. The van der Waals surface area contributed by atoms with Gasteiger partial charge >= 0.3 is 0 Å². The van der Waals surface area contributed by atoms with Crippen molar-refractivity contribution in [2.75, 3.05) is 0 Å². The van der Waals surface area contributed by atoms with E-state index in [9.17, 15) is 0 Å². The van der Waals surface area contributed by atoms with E-state index in [4.69, 9.17) is 15.0 Å². The minimum Gasteiger partial charge on any atom is -0.344 e. The lowest BCUT2D eigenvalue weighted by Crippen LogP contribution is -2.33. The first kappa shape index (κ1) is 29.5. The molecule has 0 bridgehead atoms. The number of hydrogen-bond acceptors (Lipinski definition) is 6. The van der Waals surface area contributed by atoms with E-state index < -0.39 is 0 Å². The van der Waals surface area contributed by atoms with Gasteiger partial charge in [-0.2, -0.15) is 0 Å². The summed E-state index contributed by atoms with van der Waals surface area (Å²) in [6.07, 6.45) is -0.282. The number of pyridine rings is 1. The SMILES string of the molecule is c1ccc(-c2nc3ccccc3c3c2ccc2c4cccc(C5=NC(c6ccccc6)NC(c6ccc7c(c6)sc6ccccc67)=N5)c4sc23)cc1. The van der Waals surface area contributed by atoms with Crippen molar-refractivity contribution in [1.82, 2.24) is 10.3 Å². The summed E-state index contributed by atoms with van der Waals surface area (Å²) >= 11 is 3.66. The highest BCUT2D eigenvalue weighted by molar-refractivity contribution is 7.27. The van der Waals surface area contributed by atoms with Crippen molar-refractivity contribution in [2.45, 2.75) is 6.17 Å². The molecule has 7 aromatic carbocycles. The molecule has 6 heteroatoms. The first-order valence-electron chi connectivity index (χ1n) is 17.4. The first-order valence-corrected chi connectivity index (χ1v) is 19.0. The van der Waals surface area contributed by atoms with Gasteiger partial charge in [0.05, 0.1) is 11.2 Å². The van der Waals surface area contributed by atoms with Crippen LogP contribution in [0.2, 0.25) is 0 Å². The lowest BCUT2D eigenvalue weighted by atomic mass is 9.98. The number of benzene rings is 7. The van der Waals surface area contributed by atoms with E-state index in [0.29, 0.717) is 0 Å². The van der Waals surface area contributed by atoms with Crippen molar-refractivity contribution in [3.8, 4) is 11.3 Å². The summed E-state index contributed by atoms with van der Waals surface area (Å²) in [7, 11) is 0. The van der Waals surface area contributed by atoms with Gasteiger partial charge < -0.3 is 5.32 Å². The Labute approximate surface area is 307 Å². The van der Waals surface area contributed by atoms with Gasteiger partial charge in [-0.1, -0.05) is 133 Å². The fraction of sp³-hybridized carbons (Fsp3) is 0.0217. The van der Waals surface area contributed by atoms with Crippen molar-refractivity contribution in [3.63, 3.8) is 0 Å². The van der Waals surface area contributed by atoms with Crippen LogP contribution in [0.4, 0.5) is 0 Å². The van der Waals surface area contributed by atoms with Crippen molar-refractivity contribution in [3.05, 3.63) is 174 Å². The van der Waals surface area contributed by atoms with Crippen LogP contribution in [-0.4, -0.2) is 16.7 Å². The topological polar surface area (TPSA) is 49.6 Å². The number of nitrogens with zero attached hydrogens (tertiary/aromatic N) is 3. The molecule has 4 heterocycles. The number of amidine groups is 2. The van der Waals surface area contributed by atoms with Crippen LogP contribution in [0.1, 0.15) is 22.9 Å². The molecule has 3 aromatic heterocycles. The van der Waals surface area contributed by atoms with Gasteiger partial charge in [0.25, 0.3) is 0 Å². The average Bonchev–Trinajstić information content (AvgIpc) is 3.79. The standard InChI is InChI=1S/C46H28N4S2/c1-3-12-27(13-4-1)41-35-25-24-33-32-18-11-19-36(42(32)52-43(33)40(35)34-17-7-9-20-37(34)47-41)46-49-44(28-14-5-2-6-15-28)48-45(50-46)29-22-23-31-30-16-8-10-21-38(30)51-39(31)26-29/h1-26,44H,(H,48,49,50). The highest BCUT2D eigenvalue weighted by Gasteiger charge is 2.24. The third kappa shape index (κ3) is 4.62. The second-order valence-corrected chi connectivity index (χ2v) is 15.3. The van der Waals surface area contributed by atoms with E-state index in [2.05, 4.69) is 157 Å². The third-order valence-corrected chi connectivity index (χ3v) is 12.5. The predicted octanol–water partition coefficient (Wildman–Crippen LogP) is 12.3. The van der Waals surface area contributed by atoms with E-state index in [0.717, 1.165) is 55.9 Å². The van der Waals surface area contributed by atoms with Crippen molar-refractivity contribution in [1.29, 1.82) is 0 Å². The molecule has 1 aliphatic rings. The van der Waals surface area contributed by atoms with E-state index >= 15 is 0 Å². The van der Waals surface area contributed by atoms with Gasteiger partial charge in [0.2, 0.25) is 0 Å². The molecule has 0 amide bonds. The Kier molecular flexibility index (Phi) is 6.62. The van der Waals surface area contributed by atoms with Crippen LogP contribution >= 0.6 is 22.7 Å². The van der Waals surface area contributed by atoms with Gasteiger partial charge in [0.15, 0.2) is 5.84 Å². The number of nitrogens with one attached hydrogen (secondary N) is 1. The Morgan fingerprint density at radius 2 is 1.19 bits per heavy atom. The third-order valence-electron chi connectivity index (χ3n) is 10.1. The van der Waals surface area contributed by atoms with Crippen LogP contribution in [0.3, 0.4) is 0 Å². The van der Waals surface area contributed by atoms with E-state index in [-0.39, 0.29) is 6.17 Å². The summed E-state index contributed by atoms with van der Waals surface area (Å²) in [6, 6.07) is 55.9. The number of aliphatic imine (C=N–C) groups is 2. The van der Waals surface area contributed by atoms with Gasteiger partial charge in [-0.15, -0.1) is 22.7 Å². The van der Waals surface area contributed by atoms with Gasteiger partial charge in [0, 0.05) is 73.2 Å². The van der Waals surface area contributed by atoms with Gasteiger partial charge in [-0.25, -0.2) is 15.0 Å². The lowest BCUT2D eigenvalue weighted by Gasteiger charge is -2.24. The Bertz CT molecular complexity index is 3100. The first-order chi connectivity index (χ1) is 25.8. The Morgan fingerprint density at radius 3 is 2.08 bits per heavy atom. The Balaban J connectivity index is 1.14. The van der Waals surface area contributed by atoms with E-state index in [1.54, 1.807) is 0 Å². The molecule has 1 atom stereocenters. The number of rotatable bonds is 4. The number of fused-ring (bicyclic) bond motifs is 10. The maximum atomic E-state index is 5.30. The number of thiophene rings is 2. The number of aromatic nitrogens is 1. The second kappa shape index (κ2) is 11.7. The molecule has 1 unspecified atom stereocenters. The molecular weight excluding hydrogens is 673 g/mol. The van der Waals surface area contributed by atoms with Crippen LogP contribution in [0.25, 0.3) is 73.3 Å². The van der Waals surface area contributed by atoms with E-state index in [1.165, 1.54) is 45.7 Å². The number of hydrogen-bond donors (Lipinski definition) is 1. The van der Waals surface area contributed by atoms with Crippen LogP contribution in [0.5, 0.6) is 0 Å². The lowest BCUT2D eigenvalue weighted by molar-refractivity contribution is 0.674. The summed E-state index contributed by atoms with van der Waals surface area (Å²) < 4.78 is 4.98. The minimum atomic E-state index is -0.282.